The molecule has 0 unspecified atom stereocenters. The minimum Gasteiger partial charge on any atom is -0.396 e. The molecular weight excluding hydrogens is 316 g/mol. The van der Waals surface area contributed by atoms with Crippen LogP contribution in [0.1, 0.15) is 32.1 Å². The average Bonchev–Trinajstić information content (AvgIpc) is 2.41. The van der Waals surface area contributed by atoms with Gasteiger partial charge in [-0.15, -0.1) is 0 Å². The molecule has 3 nitrogen and oxygen atoms in total. The zero-order chi connectivity index (χ0) is 13.0. The number of pyridine rings is 1. The summed E-state index contributed by atoms with van der Waals surface area (Å²) in [4.78, 5) is 4.08. The van der Waals surface area contributed by atoms with Crippen molar-refractivity contribution in [2.75, 3.05) is 18.5 Å². The van der Waals surface area contributed by atoms with Crippen molar-refractivity contribution in [1.29, 1.82) is 0 Å². The normalized spacial score (nSPS) is 18.6. The Balaban J connectivity index is 1.98. The second kappa shape index (κ2) is 6.22. The quantitative estimate of drug-likeness (QED) is 0.823. The molecule has 1 aromatic rings. The van der Waals surface area contributed by atoms with Gasteiger partial charge in [-0.25, -0.2) is 4.98 Å². The first-order valence-corrected chi connectivity index (χ1v) is 7.48. The molecule has 1 aliphatic rings. The average molecular weight is 334 g/mol. The van der Waals surface area contributed by atoms with Gasteiger partial charge in [-0.2, -0.15) is 0 Å². The lowest BCUT2D eigenvalue weighted by Crippen LogP contribution is -2.35. The summed E-state index contributed by atoms with van der Waals surface area (Å²) in [6.45, 7) is 1.04. The Hall–Kier alpha value is -0.320. The Bertz CT molecular complexity index is 408. The maximum Gasteiger partial charge on any atom is 0.143 e. The number of aromatic nitrogens is 1. The molecule has 2 rings (SSSR count). The Morgan fingerprint density at radius 2 is 2.11 bits per heavy atom. The summed E-state index contributed by atoms with van der Waals surface area (Å²) < 4.78 is 0.788. The second-order valence-electron chi connectivity index (χ2n) is 5.07. The van der Waals surface area contributed by atoms with Crippen LogP contribution in [0.5, 0.6) is 0 Å². The molecule has 100 valence electrons. The van der Waals surface area contributed by atoms with Crippen molar-refractivity contribution in [3.05, 3.63) is 21.9 Å². The van der Waals surface area contributed by atoms with E-state index in [-0.39, 0.29) is 12.0 Å². The van der Waals surface area contributed by atoms with E-state index in [9.17, 15) is 5.11 Å². The third-order valence-corrected chi connectivity index (χ3v) is 4.85. The lowest BCUT2D eigenvalue weighted by atomic mass is 9.74. The Morgan fingerprint density at radius 1 is 1.39 bits per heavy atom. The van der Waals surface area contributed by atoms with Crippen molar-refractivity contribution in [2.45, 2.75) is 32.1 Å². The van der Waals surface area contributed by atoms with E-state index in [2.05, 4.69) is 26.2 Å². The molecule has 0 spiro atoms. The SMILES string of the molecule is OCC1(CNc2cnc(Cl)c(Br)c2)CCCCC1. The van der Waals surface area contributed by atoms with Crippen molar-refractivity contribution >= 4 is 33.2 Å². The van der Waals surface area contributed by atoms with Crippen molar-refractivity contribution in [2.24, 2.45) is 5.41 Å². The molecule has 0 radical (unpaired) electrons. The maximum atomic E-state index is 9.63. The van der Waals surface area contributed by atoms with E-state index in [0.717, 1.165) is 29.5 Å². The van der Waals surface area contributed by atoms with Crippen LogP contribution in [-0.2, 0) is 0 Å². The number of hydrogen-bond acceptors (Lipinski definition) is 3. The number of nitrogens with zero attached hydrogens (tertiary/aromatic N) is 1. The van der Waals surface area contributed by atoms with Crippen LogP contribution in [0.15, 0.2) is 16.7 Å². The zero-order valence-electron chi connectivity index (χ0n) is 10.3. The largest absolute Gasteiger partial charge is 0.396 e. The predicted molar refractivity (Wildman–Crippen MR) is 78.0 cm³/mol. The van der Waals surface area contributed by atoms with E-state index in [4.69, 9.17) is 11.6 Å². The molecule has 1 heterocycles. The van der Waals surface area contributed by atoms with E-state index < -0.39 is 0 Å². The first kappa shape index (κ1) is 14.1. The minimum atomic E-state index is 0.0321. The second-order valence-corrected chi connectivity index (χ2v) is 6.28. The molecule has 0 aromatic carbocycles. The van der Waals surface area contributed by atoms with Crippen LogP contribution in [0.4, 0.5) is 5.69 Å². The molecule has 0 aliphatic heterocycles. The topological polar surface area (TPSA) is 45.1 Å². The Labute approximate surface area is 121 Å². The molecule has 2 N–H and O–H groups in total. The van der Waals surface area contributed by atoms with Crippen molar-refractivity contribution in [1.82, 2.24) is 4.98 Å². The smallest absolute Gasteiger partial charge is 0.143 e. The van der Waals surface area contributed by atoms with E-state index in [1.54, 1.807) is 6.20 Å². The highest BCUT2D eigenvalue weighted by molar-refractivity contribution is 9.10. The highest BCUT2D eigenvalue weighted by Gasteiger charge is 2.31. The highest BCUT2D eigenvalue weighted by atomic mass is 79.9. The summed E-state index contributed by atoms with van der Waals surface area (Å²) in [6, 6.07) is 1.92. The molecule has 0 atom stereocenters. The third kappa shape index (κ3) is 3.37. The predicted octanol–water partition coefficient (Wildman–Crippen LogP) is 3.85. The maximum absolute atomic E-state index is 9.63. The van der Waals surface area contributed by atoms with Crippen molar-refractivity contribution < 1.29 is 5.11 Å². The van der Waals surface area contributed by atoms with Crippen LogP contribution in [0.25, 0.3) is 0 Å². The molecule has 1 fully saturated rings. The van der Waals surface area contributed by atoms with Crippen molar-refractivity contribution in [3.8, 4) is 0 Å². The van der Waals surface area contributed by atoms with Gasteiger partial charge in [0, 0.05) is 12.0 Å². The number of hydrogen-bond donors (Lipinski definition) is 2. The molecule has 1 aromatic heterocycles. The van der Waals surface area contributed by atoms with Crippen LogP contribution in [0.2, 0.25) is 5.15 Å². The summed E-state index contributed by atoms with van der Waals surface area (Å²) in [5.41, 5.74) is 0.967. The van der Waals surface area contributed by atoms with Gasteiger partial charge in [0.1, 0.15) is 5.15 Å². The van der Waals surface area contributed by atoms with E-state index in [1.165, 1.54) is 19.3 Å². The number of nitrogens with one attached hydrogen (secondary N) is 1. The number of aliphatic hydroxyl groups excluding tert-OH is 1. The number of halogens is 2. The molecule has 0 amide bonds. The van der Waals surface area contributed by atoms with Crippen LogP contribution in [-0.4, -0.2) is 23.2 Å². The molecule has 0 bridgehead atoms. The molecule has 5 heteroatoms. The molecule has 18 heavy (non-hydrogen) atoms. The van der Waals surface area contributed by atoms with Gasteiger partial charge in [0.2, 0.25) is 0 Å². The monoisotopic (exact) mass is 332 g/mol. The fraction of sp³-hybridized carbons (Fsp3) is 0.615. The standard InChI is InChI=1S/C13H18BrClN2O/c14-11-6-10(7-16-12(11)15)17-8-13(9-18)4-2-1-3-5-13/h6-7,17-18H,1-5,8-9H2. The van der Waals surface area contributed by atoms with Gasteiger partial charge < -0.3 is 10.4 Å². The molecule has 0 saturated heterocycles. The van der Waals surface area contributed by atoms with Gasteiger partial charge in [0.25, 0.3) is 0 Å². The molecule has 1 saturated carbocycles. The number of anilines is 1. The highest BCUT2D eigenvalue weighted by Crippen LogP contribution is 2.36. The van der Waals surface area contributed by atoms with Gasteiger partial charge in [0.05, 0.1) is 23.0 Å². The summed E-state index contributed by atoms with van der Waals surface area (Å²) in [7, 11) is 0. The summed E-state index contributed by atoms with van der Waals surface area (Å²) in [6.07, 6.45) is 7.63. The van der Waals surface area contributed by atoms with E-state index >= 15 is 0 Å². The van der Waals surface area contributed by atoms with E-state index in [0.29, 0.717) is 5.15 Å². The van der Waals surface area contributed by atoms with Gasteiger partial charge in [-0.1, -0.05) is 30.9 Å². The molecule has 1 aliphatic carbocycles. The Kier molecular flexibility index (Phi) is 4.87. The summed E-state index contributed by atoms with van der Waals surface area (Å²) in [5, 5.41) is 13.5. The van der Waals surface area contributed by atoms with Gasteiger partial charge >= 0.3 is 0 Å². The first-order chi connectivity index (χ1) is 8.65. The van der Waals surface area contributed by atoms with Crippen LogP contribution in [0, 0.1) is 5.41 Å². The summed E-state index contributed by atoms with van der Waals surface area (Å²) in [5.74, 6) is 0. The van der Waals surface area contributed by atoms with Crippen LogP contribution < -0.4 is 5.32 Å². The summed E-state index contributed by atoms with van der Waals surface area (Å²) >= 11 is 9.22. The Morgan fingerprint density at radius 3 is 2.72 bits per heavy atom. The van der Waals surface area contributed by atoms with Crippen LogP contribution in [0.3, 0.4) is 0 Å². The minimum absolute atomic E-state index is 0.0321. The van der Waals surface area contributed by atoms with Gasteiger partial charge in [0.15, 0.2) is 0 Å². The fourth-order valence-corrected chi connectivity index (χ4v) is 2.95. The lowest BCUT2D eigenvalue weighted by molar-refractivity contribution is 0.0944. The van der Waals surface area contributed by atoms with E-state index in [1.807, 2.05) is 6.07 Å². The van der Waals surface area contributed by atoms with Crippen molar-refractivity contribution in [3.63, 3.8) is 0 Å². The number of aliphatic hydroxyl groups is 1. The van der Waals surface area contributed by atoms with Gasteiger partial charge in [-0.05, 0) is 34.8 Å². The van der Waals surface area contributed by atoms with Gasteiger partial charge in [-0.3, -0.25) is 0 Å². The lowest BCUT2D eigenvalue weighted by Gasteiger charge is -2.36. The number of rotatable bonds is 4. The fourth-order valence-electron chi connectivity index (χ4n) is 2.50. The third-order valence-electron chi connectivity index (χ3n) is 3.71. The van der Waals surface area contributed by atoms with Crippen LogP contribution >= 0.6 is 27.5 Å². The molecular formula is C13H18BrClN2O. The first-order valence-electron chi connectivity index (χ1n) is 6.31. The zero-order valence-corrected chi connectivity index (χ0v) is 12.6.